The van der Waals surface area contributed by atoms with Gasteiger partial charge in [0.05, 0.1) is 11.1 Å². The zero-order valence-electron chi connectivity index (χ0n) is 13.0. The van der Waals surface area contributed by atoms with E-state index < -0.39 is 0 Å². The molecular formula is C16H23N3O2. The van der Waals surface area contributed by atoms with Gasteiger partial charge in [-0.2, -0.15) is 0 Å². The largest absolute Gasteiger partial charge is 0.347 e. The predicted octanol–water partition coefficient (Wildman–Crippen LogP) is 2.24. The van der Waals surface area contributed by atoms with E-state index in [0.717, 1.165) is 25.9 Å². The number of hydrogen-bond donors (Lipinski definition) is 1. The number of aromatic nitrogens is 1. The van der Waals surface area contributed by atoms with Crippen molar-refractivity contribution in [3.05, 3.63) is 29.6 Å². The van der Waals surface area contributed by atoms with E-state index in [1.807, 2.05) is 25.7 Å². The molecule has 5 nitrogen and oxygen atoms in total. The summed E-state index contributed by atoms with van der Waals surface area (Å²) >= 11 is 0. The van der Waals surface area contributed by atoms with E-state index in [0.29, 0.717) is 11.1 Å². The fourth-order valence-corrected chi connectivity index (χ4v) is 2.37. The molecule has 114 valence electrons. The summed E-state index contributed by atoms with van der Waals surface area (Å²) in [5, 5.41) is 2.88. The van der Waals surface area contributed by atoms with Crippen LogP contribution in [0.1, 0.15) is 60.7 Å². The lowest BCUT2D eigenvalue weighted by atomic mass is 10.1. The summed E-state index contributed by atoms with van der Waals surface area (Å²) in [6.45, 7) is 7.33. The molecule has 1 aliphatic rings. The van der Waals surface area contributed by atoms with Crippen LogP contribution in [0.5, 0.6) is 0 Å². The molecule has 21 heavy (non-hydrogen) atoms. The maximum atomic E-state index is 12.4. The Morgan fingerprint density at radius 3 is 2.33 bits per heavy atom. The molecule has 0 unspecified atom stereocenters. The first-order valence-corrected chi connectivity index (χ1v) is 7.44. The number of carbonyl (C=O) groups excluding carboxylic acids is 2. The number of hydrogen-bond acceptors (Lipinski definition) is 3. The van der Waals surface area contributed by atoms with Gasteiger partial charge in [-0.3, -0.25) is 14.6 Å². The second-order valence-electron chi connectivity index (χ2n) is 6.52. The van der Waals surface area contributed by atoms with E-state index >= 15 is 0 Å². The number of carbonyl (C=O) groups is 2. The Morgan fingerprint density at radius 2 is 1.71 bits per heavy atom. The number of likely N-dealkylation sites (tertiary alicyclic amines) is 1. The minimum atomic E-state index is -0.316. The molecule has 5 heteroatoms. The van der Waals surface area contributed by atoms with E-state index in [9.17, 15) is 9.59 Å². The Morgan fingerprint density at radius 1 is 1.10 bits per heavy atom. The molecule has 1 N–H and O–H groups in total. The number of nitrogens with one attached hydrogen (secondary N) is 1. The molecule has 0 radical (unpaired) electrons. The number of piperidine rings is 1. The molecular weight excluding hydrogens is 266 g/mol. The Bertz CT molecular complexity index is 529. The molecule has 2 amide bonds. The van der Waals surface area contributed by atoms with E-state index in [4.69, 9.17) is 0 Å². The summed E-state index contributed by atoms with van der Waals surface area (Å²) in [6.07, 6.45) is 6.29. The highest BCUT2D eigenvalue weighted by Gasteiger charge is 2.21. The van der Waals surface area contributed by atoms with Gasteiger partial charge in [0.15, 0.2) is 0 Å². The predicted molar refractivity (Wildman–Crippen MR) is 81.2 cm³/mol. The van der Waals surface area contributed by atoms with Crippen LogP contribution in [-0.4, -0.2) is 40.3 Å². The number of pyridine rings is 1. The van der Waals surface area contributed by atoms with Crippen LogP contribution in [0.15, 0.2) is 18.5 Å². The van der Waals surface area contributed by atoms with Crippen molar-refractivity contribution in [1.82, 2.24) is 15.2 Å². The van der Waals surface area contributed by atoms with Crippen molar-refractivity contribution < 1.29 is 9.59 Å². The lowest BCUT2D eigenvalue weighted by Crippen LogP contribution is -2.40. The third kappa shape index (κ3) is 4.28. The van der Waals surface area contributed by atoms with E-state index in [1.165, 1.54) is 18.8 Å². The number of amides is 2. The molecule has 1 saturated heterocycles. The van der Waals surface area contributed by atoms with Gasteiger partial charge < -0.3 is 10.2 Å². The summed E-state index contributed by atoms with van der Waals surface area (Å²) in [4.78, 5) is 30.4. The summed E-state index contributed by atoms with van der Waals surface area (Å²) in [6, 6.07) is 1.63. The Balaban J connectivity index is 2.13. The summed E-state index contributed by atoms with van der Waals surface area (Å²) in [7, 11) is 0. The van der Waals surface area contributed by atoms with Gasteiger partial charge >= 0.3 is 0 Å². The van der Waals surface area contributed by atoms with Crippen LogP contribution < -0.4 is 5.32 Å². The number of rotatable bonds is 2. The lowest BCUT2D eigenvalue weighted by molar-refractivity contribution is 0.0724. The minimum absolute atomic E-state index is 0.0346. The fourth-order valence-electron chi connectivity index (χ4n) is 2.37. The highest BCUT2D eigenvalue weighted by molar-refractivity contribution is 5.99. The van der Waals surface area contributed by atoms with Gasteiger partial charge in [0, 0.05) is 31.0 Å². The van der Waals surface area contributed by atoms with Gasteiger partial charge in [0.2, 0.25) is 0 Å². The van der Waals surface area contributed by atoms with E-state index in [1.54, 1.807) is 6.07 Å². The molecule has 1 aromatic rings. The molecule has 2 rings (SSSR count). The van der Waals surface area contributed by atoms with Crippen LogP contribution in [0.4, 0.5) is 0 Å². The van der Waals surface area contributed by atoms with Crippen LogP contribution in [0.2, 0.25) is 0 Å². The molecule has 2 heterocycles. The van der Waals surface area contributed by atoms with Crippen LogP contribution in [0.25, 0.3) is 0 Å². The van der Waals surface area contributed by atoms with E-state index in [-0.39, 0.29) is 17.4 Å². The standard InChI is InChI=1S/C16H23N3O2/c1-16(2,3)18-14(20)12-9-13(11-17-10-12)15(21)19-7-5-4-6-8-19/h9-11H,4-8H2,1-3H3,(H,18,20). The van der Waals surface area contributed by atoms with Crippen molar-refractivity contribution in [2.24, 2.45) is 0 Å². The third-order valence-electron chi connectivity index (χ3n) is 3.38. The second-order valence-corrected chi connectivity index (χ2v) is 6.52. The van der Waals surface area contributed by atoms with Crippen molar-refractivity contribution in [2.75, 3.05) is 13.1 Å². The highest BCUT2D eigenvalue weighted by atomic mass is 16.2. The topological polar surface area (TPSA) is 62.3 Å². The molecule has 0 aromatic carbocycles. The van der Waals surface area contributed by atoms with Crippen molar-refractivity contribution >= 4 is 11.8 Å². The number of nitrogens with zero attached hydrogens (tertiary/aromatic N) is 2. The van der Waals surface area contributed by atoms with Gasteiger partial charge in [-0.05, 0) is 46.1 Å². The maximum absolute atomic E-state index is 12.4. The first-order valence-electron chi connectivity index (χ1n) is 7.44. The molecule has 0 atom stereocenters. The zero-order chi connectivity index (χ0) is 15.5. The average Bonchev–Trinajstić information content (AvgIpc) is 2.46. The van der Waals surface area contributed by atoms with Gasteiger partial charge in [-0.15, -0.1) is 0 Å². The van der Waals surface area contributed by atoms with Crippen molar-refractivity contribution in [3.63, 3.8) is 0 Å². The summed E-state index contributed by atoms with van der Waals surface area (Å²) in [5.74, 6) is -0.240. The van der Waals surface area contributed by atoms with Crippen molar-refractivity contribution in [1.29, 1.82) is 0 Å². The third-order valence-corrected chi connectivity index (χ3v) is 3.38. The van der Waals surface area contributed by atoms with Crippen LogP contribution in [0.3, 0.4) is 0 Å². The molecule has 0 spiro atoms. The molecule has 1 fully saturated rings. The molecule has 1 aromatic heterocycles. The highest BCUT2D eigenvalue weighted by Crippen LogP contribution is 2.14. The second kappa shape index (κ2) is 6.24. The molecule has 1 aliphatic heterocycles. The van der Waals surface area contributed by atoms with Crippen molar-refractivity contribution in [3.8, 4) is 0 Å². The Kier molecular flexibility index (Phi) is 4.60. The van der Waals surface area contributed by atoms with Gasteiger partial charge in [-0.25, -0.2) is 0 Å². The monoisotopic (exact) mass is 289 g/mol. The van der Waals surface area contributed by atoms with Crippen LogP contribution >= 0.6 is 0 Å². The smallest absolute Gasteiger partial charge is 0.255 e. The van der Waals surface area contributed by atoms with Gasteiger partial charge in [0.25, 0.3) is 11.8 Å². The molecule has 0 bridgehead atoms. The summed E-state index contributed by atoms with van der Waals surface area (Å²) in [5.41, 5.74) is 0.593. The first kappa shape index (κ1) is 15.5. The SMILES string of the molecule is CC(C)(C)NC(=O)c1cncc(C(=O)N2CCCCC2)c1. The molecule has 0 aliphatic carbocycles. The van der Waals surface area contributed by atoms with Crippen LogP contribution in [0, 0.1) is 0 Å². The van der Waals surface area contributed by atoms with Gasteiger partial charge in [-0.1, -0.05) is 0 Å². The lowest BCUT2D eigenvalue weighted by Gasteiger charge is -2.26. The Labute approximate surface area is 125 Å². The minimum Gasteiger partial charge on any atom is -0.347 e. The quantitative estimate of drug-likeness (QED) is 0.908. The average molecular weight is 289 g/mol. The molecule has 0 saturated carbocycles. The maximum Gasteiger partial charge on any atom is 0.255 e. The normalized spacial score (nSPS) is 15.7. The van der Waals surface area contributed by atoms with E-state index in [2.05, 4.69) is 10.3 Å². The first-order chi connectivity index (χ1) is 9.87. The zero-order valence-corrected chi connectivity index (χ0v) is 13.0. The van der Waals surface area contributed by atoms with Crippen LogP contribution in [-0.2, 0) is 0 Å². The Hall–Kier alpha value is -1.91. The fraction of sp³-hybridized carbons (Fsp3) is 0.562. The van der Waals surface area contributed by atoms with Gasteiger partial charge in [0.1, 0.15) is 0 Å². The summed E-state index contributed by atoms with van der Waals surface area (Å²) < 4.78 is 0. The van der Waals surface area contributed by atoms with Crippen molar-refractivity contribution in [2.45, 2.75) is 45.6 Å².